The monoisotopic (exact) mass is 181 g/mol. The van der Waals surface area contributed by atoms with Gasteiger partial charge < -0.3 is 10.6 Å². The Morgan fingerprint density at radius 2 is 2.23 bits per heavy atom. The van der Waals surface area contributed by atoms with Crippen molar-refractivity contribution < 1.29 is 4.79 Å². The van der Waals surface area contributed by atoms with Crippen LogP contribution in [0, 0.1) is 11.3 Å². The molecule has 0 bridgehead atoms. The Labute approximate surface area is 78.3 Å². The fourth-order valence-electron chi connectivity index (χ4n) is 0.995. The van der Waals surface area contributed by atoms with Crippen molar-refractivity contribution in [2.24, 2.45) is 0 Å². The lowest BCUT2D eigenvalue weighted by atomic mass is 10.2. The van der Waals surface area contributed by atoms with E-state index in [1.807, 2.05) is 0 Å². The van der Waals surface area contributed by atoms with Crippen molar-refractivity contribution in [1.29, 1.82) is 5.26 Å². The molecule has 2 amide bonds. The molecule has 1 aliphatic carbocycles. The van der Waals surface area contributed by atoms with E-state index in [0.717, 1.165) is 25.7 Å². The summed E-state index contributed by atoms with van der Waals surface area (Å²) in [5.74, 6) is 0. The molecule has 0 atom stereocenters. The van der Waals surface area contributed by atoms with Crippen LogP contribution in [0.1, 0.15) is 32.1 Å². The molecule has 2 N–H and O–H groups in total. The first-order chi connectivity index (χ1) is 6.33. The van der Waals surface area contributed by atoms with Gasteiger partial charge in [0.25, 0.3) is 0 Å². The Kier molecular flexibility index (Phi) is 4.10. The molecule has 0 unspecified atom stereocenters. The first kappa shape index (κ1) is 9.85. The summed E-state index contributed by atoms with van der Waals surface area (Å²) in [5.41, 5.74) is 0. The largest absolute Gasteiger partial charge is 0.338 e. The van der Waals surface area contributed by atoms with Crippen LogP contribution in [-0.4, -0.2) is 18.6 Å². The normalized spacial score (nSPS) is 14.7. The maximum Gasteiger partial charge on any atom is 0.315 e. The van der Waals surface area contributed by atoms with Crippen molar-refractivity contribution in [1.82, 2.24) is 10.6 Å². The fourth-order valence-corrected chi connectivity index (χ4v) is 0.995. The van der Waals surface area contributed by atoms with E-state index in [0.29, 0.717) is 19.0 Å². The molecule has 1 rings (SSSR count). The highest BCUT2D eigenvalue weighted by molar-refractivity contribution is 5.74. The molecule has 0 heterocycles. The van der Waals surface area contributed by atoms with Crippen molar-refractivity contribution in [2.75, 3.05) is 6.54 Å². The summed E-state index contributed by atoms with van der Waals surface area (Å²) in [4.78, 5) is 11.0. The zero-order valence-corrected chi connectivity index (χ0v) is 7.68. The number of carbonyl (C=O) groups is 1. The minimum Gasteiger partial charge on any atom is -0.338 e. The van der Waals surface area contributed by atoms with Gasteiger partial charge in [-0.2, -0.15) is 5.26 Å². The smallest absolute Gasteiger partial charge is 0.315 e. The van der Waals surface area contributed by atoms with Gasteiger partial charge >= 0.3 is 6.03 Å². The van der Waals surface area contributed by atoms with Gasteiger partial charge in [0.05, 0.1) is 6.07 Å². The van der Waals surface area contributed by atoms with Crippen LogP contribution in [0.15, 0.2) is 0 Å². The third-order valence-electron chi connectivity index (χ3n) is 1.91. The maximum absolute atomic E-state index is 11.0. The topological polar surface area (TPSA) is 64.9 Å². The lowest BCUT2D eigenvalue weighted by Crippen LogP contribution is -2.37. The Hall–Kier alpha value is -1.24. The quantitative estimate of drug-likeness (QED) is 0.625. The number of hydrogen-bond donors (Lipinski definition) is 2. The number of hydrogen-bond acceptors (Lipinski definition) is 2. The lowest BCUT2D eigenvalue weighted by molar-refractivity contribution is 0.240. The minimum atomic E-state index is -0.0699. The van der Waals surface area contributed by atoms with Gasteiger partial charge in [-0.1, -0.05) is 0 Å². The molecular weight excluding hydrogens is 166 g/mol. The molecule has 0 aromatic heterocycles. The molecule has 1 saturated carbocycles. The average molecular weight is 181 g/mol. The van der Waals surface area contributed by atoms with Gasteiger partial charge in [-0.3, -0.25) is 0 Å². The lowest BCUT2D eigenvalue weighted by Gasteiger charge is -2.04. The Bertz CT molecular complexity index is 205. The summed E-state index contributed by atoms with van der Waals surface area (Å²) in [5, 5.41) is 13.8. The highest BCUT2D eigenvalue weighted by Crippen LogP contribution is 2.18. The standard InChI is InChI=1S/C9H15N3O/c10-6-2-1-3-7-11-9(13)12-8-4-5-8/h8H,1-5,7H2,(H2,11,12,13). The van der Waals surface area contributed by atoms with Crippen molar-refractivity contribution in [3.8, 4) is 6.07 Å². The van der Waals surface area contributed by atoms with Crippen LogP contribution in [0.4, 0.5) is 4.79 Å². The van der Waals surface area contributed by atoms with Crippen molar-refractivity contribution in [3.63, 3.8) is 0 Å². The molecule has 0 radical (unpaired) electrons. The van der Waals surface area contributed by atoms with E-state index < -0.39 is 0 Å². The number of amides is 2. The first-order valence-corrected chi connectivity index (χ1v) is 4.74. The van der Waals surface area contributed by atoms with Gasteiger partial charge in [-0.05, 0) is 25.7 Å². The van der Waals surface area contributed by atoms with E-state index in [1.165, 1.54) is 0 Å². The van der Waals surface area contributed by atoms with Crippen LogP contribution in [0.3, 0.4) is 0 Å². The van der Waals surface area contributed by atoms with Gasteiger partial charge in [0.1, 0.15) is 0 Å². The number of nitrogens with zero attached hydrogens (tertiary/aromatic N) is 1. The van der Waals surface area contributed by atoms with Crippen LogP contribution in [0.25, 0.3) is 0 Å². The number of nitrogens with one attached hydrogen (secondary N) is 2. The molecular formula is C9H15N3O. The van der Waals surface area contributed by atoms with E-state index in [4.69, 9.17) is 5.26 Å². The van der Waals surface area contributed by atoms with Gasteiger partial charge in [0, 0.05) is 19.0 Å². The second-order valence-electron chi connectivity index (χ2n) is 3.29. The molecule has 1 aliphatic rings. The second kappa shape index (κ2) is 5.41. The van der Waals surface area contributed by atoms with Gasteiger partial charge in [-0.25, -0.2) is 4.79 Å². The predicted octanol–water partition coefficient (Wildman–Crippen LogP) is 1.14. The molecule has 0 aromatic carbocycles. The van der Waals surface area contributed by atoms with Crippen LogP contribution >= 0.6 is 0 Å². The highest BCUT2D eigenvalue weighted by atomic mass is 16.2. The number of urea groups is 1. The highest BCUT2D eigenvalue weighted by Gasteiger charge is 2.22. The summed E-state index contributed by atoms with van der Waals surface area (Å²) in [6.07, 6.45) is 4.54. The summed E-state index contributed by atoms with van der Waals surface area (Å²) in [6, 6.07) is 2.42. The Balaban J connectivity index is 1.86. The molecule has 0 aromatic rings. The molecule has 72 valence electrons. The Morgan fingerprint density at radius 3 is 2.85 bits per heavy atom. The molecule has 4 nitrogen and oxygen atoms in total. The Morgan fingerprint density at radius 1 is 1.46 bits per heavy atom. The number of carbonyl (C=O) groups excluding carboxylic acids is 1. The SMILES string of the molecule is N#CCCCCNC(=O)NC1CC1. The third kappa shape index (κ3) is 5.07. The predicted molar refractivity (Wildman–Crippen MR) is 49.0 cm³/mol. The number of rotatable bonds is 5. The van der Waals surface area contributed by atoms with Crippen LogP contribution in [-0.2, 0) is 0 Å². The summed E-state index contributed by atoms with van der Waals surface area (Å²) < 4.78 is 0. The fraction of sp³-hybridized carbons (Fsp3) is 0.778. The van der Waals surface area contributed by atoms with E-state index in [2.05, 4.69) is 16.7 Å². The van der Waals surface area contributed by atoms with Crippen LogP contribution in [0.2, 0.25) is 0 Å². The molecule has 1 fully saturated rings. The maximum atomic E-state index is 11.0. The minimum absolute atomic E-state index is 0.0699. The van der Waals surface area contributed by atoms with Crippen molar-refractivity contribution >= 4 is 6.03 Å². The van der Waals surface area contributed by atoms with Gasteiger partial charge in [-0.15, -0.1) is 0 Å². The van der Waals surface area contributed by atoms with Gasteiger partial charge in [0.15, 0.2) is 0 Å². The molecule has 0 aliphatic heterocycles. The van der Waals surface area contributed by atoms with Crippen molar-refractivity contribution in [2.45, 2.75) is 38.1 Å². The van der Waals surface area contributed by atoms with E-state index in [9.17, 15) is 4.79 Å². The third-order valence-corrected chi connectivity index (χ3v) is 1.91. The first-order valence-electron chi connectivity index (χ1n) is 4.74. The summed E-state index contributed by atoms with van der Waals surface area (Å²) in [6.45, 7) is 0.667. The van der Waals surface area contributed by atoms with E-state index >= 15 is 0 Å². The van der Waals surface area contributed by atoms with E-state index in [1.54, 1.807) is 0 Å². The number of nitriles is 1. The van der Waals surface area contributed by atoms with Crippen molar-refractivity contribution in [3.05, 3.63) is 0 Å². The second-order valence-corrected chi connectivity index (χ2v) is 3.29. The molecule has 0 spiro atoms. The zero-order valence-electron chi connectivity index (χ0n) is 7.68. The van der Waals surface area contributed by atoms with Crippen LogP contribution < -0.4 is 10.6 Å². The average Bonchev–Trinajstić information content (AvgIpc) is 2.88. The molecule has 13 heavy (non-hydrogen) atoms. The van der Waals surface area contributed by atoms with E-state index in [-0.39, 0.29) is 6.03 Å². The summed E-state index contributed by atoms with van der Waals surface area (Å²) >= 11 is 0. The zero-order chi connectivity index (χ0) is 9.52. The summed E-state index contributed by atoms with van der Waals surface area (Å²) in [7, 11) is 0. The molecule has 0 saturated heterocycles. The van der Waals surface area contributed by atoms with Gasteiger partial charge in [0.2, 0.25) is 0 Å². The van der Waals surface area contributed by atoms with Crippen LogP contribution in [0.5, 0.6) is 0 Å². The number of unbranched alkanes of at least 4 members (excludes halogenated alkanes) is 2. The molecule has 4 heteroatoms.